The predicted molar refractivity (Wildman–Crippen MR) is 103 cm³/mol. The van der Waals surface area contributed by atoms with Crippen LogP contribution < -0.4 is 5.32 Å². The van der Waals surface area contributed by atoms with Crippen molar-refractivity contribution in [1.29, 1.82) is 0 Å². The molecule has 2 aliphatic rings. The summed E-state index contributed by atoms with van der Waals surface area (Å²) >= 11 is 0. The molecule has 2 heterocycles. The van der Waals surface area contributed by atoms with Crippen molar-refractivity contribution in [2.45, 2.75) is 59.9 Å². The summed E-state index contributed by atoms with van der Waals surface area (Å²) in [4.78, 5) is 27.7. The van der Waals surface area contributed by atoms with E-state index in [1.165, 1.54) is 0 Å². The lowest BCUT2D eigenvalue weighted by Gasteiger charge is -2.47. The van der Waals surface area contributed by atoms with Crippen LogP contribution in [0.4, 0.5) is 0 Å². The highest BCUT2D eigenvalue weighted by atomic mass is 16.2. The van der Waals surface area contributed by atoms with Crippen LogP contribution in [0.5, 0.6) is 0 Å². The van der Waals surface area contributed by atoms with Gasteiger partial charge in [-0.25, -0.2) is 0 Å². The summed E-state index contributed by atoms with van der Waals surface area (Å²) in [6.07, 6.45) is 6.89. The van der Waals surface area contributed by atoms with Crippen molar-refractivity contribution in [2.75, 3.05) is 13.1 Å². The Morgan fingerprint density at radius 1 is 1.19 bits per heavy atom. The fourth-order valence-corrected chi connectivity index (χ4v) is 4.43. The monoisotopic (exact) mass is 359 g/mol. The van der Waals surface area contributed by atoms with E-state index in [1.54, 1.807) is 0 Å². The van der Waals surface area contributed by atoms with Crippen LogP contribution in [-0.2, 0) is 11.8 Å². The maximum atomic E-state index is 13.1. The van der Waals surface area contributed by atoms with Crippen molar-refractivity contribution >= 4 is 11.8 Å². The maximum Gasteiger partial charge on any atom is 0.253 e. The average molecular weight is 360 g/mol. The Balaban J connectivity index is 1.72. The zero-order chi connectivity index (χ0) is 19.3. The van der Waals surface area contributed by atoms with E-state index in [9.17, 15) is 9.59 Å². The molecule has 0 bridgehead atoms. The second-order valence-electron chi connectivity index (χ2n) is 9.62. The molecule has 1 aliphatic heterocycles. The summed E-state index contributed by atoms with van der Waals surface area (Å²) in [5.74, 6) is 0.368. The molecule has 0 radical (unpaired) electrons. The quantitative estimate of drug-likeness (QED) is 0.898. The second-order valence-corrected chi connectivity index (χ2v) is 9.62. The number of rotatable bonds is 4. The minimum atomic E-state index is -0.0522. The Hall–Kier alpha value is -1.78. The molecule has 3 rings (SSSR count). The number of nitrogens with one attached hydrogen (secondary N) is 1. The van der Waals surface area contributed by atoms with Gasteiger partial charge >= 0.3 is 0 Å². The zero-order valence-electron chi connectivity index (χ0n) is 17.1. The van der Waals surface area contributed by atoms with Gasteiger partial charge in [0.05, 0.1) is 11.6 Å². The number of aromatic nitrogens is 1. The molecule has 1 unspecified atom stereocenters. The zero-order valence-corrected chi connectivity index (χ0v) is 17.1. The second kappa shape index (κ2) is 6.43. The van der Waals surface area contributed by atoms with Crippen molar-refractivity contribution < 1.29 is 9.59 Å². The molecule has 1 saturated heterocycles. The van der Waals surface area contributed by atoms with Gasteiger partial charge in [0, 0.05) is 38.4 Å². The fourth-order valence-electron chi connectivity index (χ4n) is 4.43. The molecule has 5 heteroatoms. The third-order valence-corrected chi connectivity index (χ3v) is 6.45. The topological polar surface area (TPSA) is 54.3 Å². The van der Waals surface area contributed by atoms with Gasteiger partial charge in [-0.3, -0.25) is 9.59 Å². The van der Waals surface area contributed by atoms with Gasteiger partial charge in [0.1, 0.15) is 0 Å². The SMILES string of the molecule is Cc1cn(C)cc1C(=O)NCC1N(C(=O)[C@H]2CC2(C)C)CCCC1(C)C. The number of hydrogen-bond acceptors (Lipinski definition) is 2. The summed E-state index contributed by atoms with van der Waals surface area (Å²) < 4.78 is 1.90. The molecular formula is C21H33N3O2. The van der Waals surface area contributed by atoms with Gasteiger partial charge in [-0.15, -0.1) is 0 Å². The molecule has 2 amide bonds. The molecule has 26 heavy (non-hydrogen) atoms. The molecule has 0 aromatic carbocycles. The first kappa shape index (κ1) is 19.0. The average Bonchev–Trinajstić information content (AvgIpc) is 3.03. The smallest absolute Gasteiger partial charge is 0.253 e. The molecule has 0 spiro atoms. The summed E-state index contributed by atoms with van der Waals surface area (Å²) in [5, 5.41) is 3.10. The molecule has 1 aromatic heterocycles. The number of carbonyl (C=O) groups excluding carboxylic acids is 2. The van der Waals surface area contributed by atoms with Crippen LogP contribution in [-0.4, -0.2) is 40.4 Å². The summed E-state index contributed by atoms with van der Waals surface area (Å²) in [6.45, 7) is 12.0. The van der Waals surface area contributed by atoms with Crippen molar-refractivity contribution in [3.63, 3.8) is 0 Å². The van der Waals surface area contributed by atoms with Crippen LogP contribution in [0.25, 0.3) is 0 Å². The summed E-state index contributed by atoms with van der Waals surface area (Å²) in [7, 11) is 1.92. The van der Waals surface area contributed by atoms with Crippen LogP contribution >= 0.6 is 0 Å². The molecule has 2 atom stereocenters. The highest BCUT2D eigenvalue weighted by Gasteiger charge is 2.54. The van der Waals surface area contributed by atoms with Crippen molar-refractivity contribution in [3.8, 4) is 0 Å². The van der Waals surface area contributed by atoms with Gasteiger partial charge in [-0.2, -0.15) is 0 Å². The third kappa shape index (κ3) is 3.53. The first-order chi connectivity index (χ1) is 12.0. The van der Waals surface area contributed by atoms with E-state index in [1.807, 2.05) is 30.9 Å². The molecular weight excluding hydrogens is 326 g/mol. The van der Waals surface area contributed by atoms with Gasteiger partial charge in [0.15, 0.2) is 0 Å². The van der Waals surface area contributed by atoms with E-state index in [4.69, 9.17) is 0 Å². The normalized spacial score (nSPS) is 26.5. The highest BCUT2D eigenvalue weighted by Crippen LogP contribution is 2.53. The van der Waals surface area contributed by atoms with Gasteiger partial charge in [-0.1, -0.05) is 27.7 Å². The number of amides is 2. The minimum absolute atomic E-state index is 0.00591. The van der Waals surface area contributed by atoms with Crippen molar-refractivity contribution in [3.05, 3.63) is 23.5 Å². The number of likely N-dealkylation sites (tertiary alicyclic amines) is 1. The van der Waals surface area contributed by atoms with Crippen LogP contribution in [0, 0.1) is 23.7 Å². The fraction of sp³-hybridized carbons (Fsp3) is 0.714. The molecule has 144 valence electrons. The van der Waals surface area contributed by atoms with Crippen LogP contribution in [0.1, 0.15) is 62.9 Å². The van der Waals surface area contributed by atoms with E-state index in [-0.39, 0.29) is 34.6 Å². The lowest BCUT2D eigenvalue weighted by molar-refractivity contribution is -0.140. The Kier molecular flexibility index (Phi) is 4.70. The van der Waals surface area contributed by atoms with E-state index in [0.29, 0.717) is 12.1 Å². The highest BCUT2D eigenvalue weighted by molar-refractivity contribution is 5.95. The lowest BCUT2D eigenvalue weighted by Crippen LogP contribution is -2.57. The van der Waals surface area contributed by atoms with Crippen molar-refractivity contribution in [1.82, 2.24) is 14.8 Å². The molecule has 5 nitrogen and oxygen atoms in total. The van der Waals surface area contributed by atoms with Crippen molar-refractivity contribution in [2.24, 2.45) is 23.8 Å². The van der Waals surface area contributed by atoms with Crippen LogP contribution in [0.3, 0.4) is 0 Å². The Morgan fingerprint density at radius 2 is 1.85 bits per heavy atom. The Labute approximate surface area is 157 Å². The van der Waals surface area contributed by atoms with Gasteiger partial charge in [-0.05, 0) is 42.6 Å². The van der Waals surface area contributed by atoms with Gasteiger partial charge in [0.25, 0.3) is 5.91 Å². The number of carbonyl (C=O) groups is 2. The molecule has 2 fully saturated rings. The van der Waals surface area contributed by atoms with Gasteiger partial charge < -0.3 is 14.8 Å². The first-order valence-electron chi connectivity index (χ1n) is 9.74. The van der Waals surface area contributed by atoms with E-state index >= 15 is 0 Å². The Bertz CT molecular complexity index is 717. The summed E-state index contributed by atoms with van der Waals surface area (Å²) in [5.41, 5.74) is 1.82. The number of nitrogens with zero attached hydrogens (tertiary/aromatic N) is 2. The molecule has 1 aromatic rings. The Morgan fingerprint density at radius 3 is 2.38 bits per heavy atom. The van der Waals surface area contributed by atoms with Gasteiger partial charge in [0.2, 0.25) is 5.91 Å². The number of piperidine rings is 1. The standard InChI is InChI=1S/C21H33N3O2/c1-14-12-23(6)13-15(14)18(25)22-11-17-20(2,3)8-7-9-24(17)19(26)16-10-21(16,4)5/h12-13,16-17H,7-11H2,1-6H3,(H,22,25)/t16-,17?/m1/s1. The van der Waals surface area contributed by atoms with E-state index < -0.39 is 0 Å². The summed E-state index contributed by atoms with van der Waals surface area (Å²) in [6, 6.07) is 0.0492. The third-order valence-electron chi connectivity index (χ3n) is 6.45. The van der Waals surface area contributed by atoms with Crippen LogP contribution in [0.15, 0.2) is 12.4 Å². The maximum absolute atomic E-state index is 13.1. The van der Waals surface area contributed by atoms with E-state index in [2.05, 4.69) is 37.9 Å². The molecule has 1 N–H and O–H groups in total. The number of hydrogen-bond donors (Lipinski definition) is 1. The minimum Gasteiger partial charge on any atom is -0.356 e. The molecule has 1 aliphatic carbocycles. The first-order valence-corrected chi connectivity index (χ1v) is 9.74. The number of aryl methyl sites for hydroxylation is 2. The predicted octanol–water partition coefficient (Wildman–Crippen LogP) is 3.13. The van der Waals surface area contributed by atoms with E-state index in [0.717, 1.165) is 31.4 Å². The van der Waals surface area contributed by atoms with Crippen LogP contribution in [0.2, 0.25) is 0 Å². The molecule has 1 saturated carbocycles. The lowest BCUT2D eigenvalue weighted by atomic mass is 9.76. The largest absolute Gasteiger partial charge is 0.356 e.